The normalized spacial score (nSPS) is 14.1. The Hall–Kier alpha value is -2.50. The lowest BCUT2D eigenvalue weighted by Crippen LogP contribution is -2.25. The van der Waals surface area contributed by atoms with Crippen LogP contribution in [0.2, 0.25) is 0 Å². The van der Waals surface area contributed by atoms with Crippen molar-refractivity contribution in [3.05, 3.63) is 72.1 Å². The molecule has 0 aromatic heterocycles. The van der Waals surface area contributed by atoms with Gasteiger partial charge in [-0.15, -0.1) is 0 Å². The lowest BCUT2D eigenvalue weighted by molar-refractivity contribution is 0.580. The monoisotopic (exact) mass is 294 g/mol. The molecule has 0 unspecified atom stereocenters. The van der Waals surface area contributed by atoms with Crippen LogP contribution in [0.15, 0.2) is 48.8 Å². The van der Waals surface area contributed by atoms with Crippen LogP contribution in [-0.4, -0.2) is 6.67 Å². The van der Waals surface area contributed by atoms with Gasteiger partial charge >= 0.3 is 0 Å². The molecule has 108 valence electrons. The lowest BCUT2D eigenvalue weighted by atomic mass is 10.2. The molecule has 1 heterocycles. The van der Waals surface area contributed by atoms with E-state index in [0.29, 0.717) is 0 Å². The number of hydrogen-bond donors (Lipinski definition) is 0. The van der Waals surface area contributed by atoms with Crippen molar-refractivity contribution in [3.8, 4) is 0 Å². The smallest absolute Gasteiger partial charge is 0.149 e. The van der Waals surface area contributed by atoms with Crippen LogP contribution < -0.4 is 9.80 Å². The summed E-state index contributed by atoms with van der Waals surface area (Å²) in [6.07, 6.45) is 3.08. The summed E-state index contributed by atoms with van der Waals surface area (Å²) in [7, 11) is 0. The van der Waals surface area contributed by atoms with Crippen molar-refractivity contribution in [2.45, 2.75) is 0 Å². The molecule has 0 N–H and O–H groups in total. The van der Waals surface area contributed by atoms with Crippen molar-refractivity contribution >= 4 is 11.4 Å². The van der Waals surface area contributed by atoms with Gasteiger partial charge in [-0.25, -0.2) is 17.6 Å². The molecular weight excluding hydrogens is 284 g/mol. The third kappa shape index (κ3) is 2.56. The Morgan fingerprint density at radius 2 is 1.10 bits per heavy atom. The van der Waals surface area contributed by atoms with Crippen molar-refractivity contribution in [2.75, 3.05) is 16.5 Å². The molecule has 2 aromatic rings. The van der Waals surface area contributed by atoms with Crippen LogP contribution in [0.25, 0.3) is 0 Å². The first-order valence-corrected chi connectivity index (χ1v) is 6.16. The molecule has 0 radical (unpaired) electrons. The summed E-state index contributed by atoms with van der Waals surface area (Å²) >= 11 is 0. The van der Waals surface area contributed by atoms with E-state index in [0.717, 1.165) is 24.3 Å². The van der Waals surface area contributed by atoms with Gasteiger partial charge in [0.25, 0.3) is 0 Å². The van der Waals surface area contributed by atoms with Gasteiger partial charge in [0.05, 0.1) is 18.0 Å². The molecule has 0 amide bonds. The Labute approximate surface area is 118 Å². The third-order valence-corrected chi connectivity index (χ3v) is 3.17. The van der Waals surface area contributed by atoms with Crippen molar-refractivity contribution in [1.29, 1.82) is 0 Å². The molecule has 1 aliphatic heterocycles. The number of hydrogen-bond acceptors (Lipinski definition) is 2. The van der Waals surface area contributed by atoms with Gasteiger partial charge in [-0.3, -0.25) is 0 Å². The second-order valence-electron chi connectivity index (χ2n) is 4.57. The molecule has 0 fully saturated rings. The Balaban J connectivity index is 1.84. The van der Waals surface area contributed by atoms with Crippen LogP contribution in [0.5, 0.6) is 0 Å². The molecule has 0 atom stereocenters. The summed E-state index contributed by atoms with van der Waals surface area (Å²) in [4.78, 5) is 3.00. The van der Waals surface area contributed by atoms with Crippen molar-refractivity contribution in [2.24, 2.45) is 0 Å². The minimum atomic E-state index is -0.707. The van der Waals surface area contributed by atoms with Crippen molar-refractivity contribution in [1.82, 2.24) is 0 Å². The first-order chi connectivity index (χ1) is 10.0. The summed E-state index contributed by atoms with van der Waals surface area (Å²) < 4.78 is 53.2. The molecule has 2 aromatic carbocycles. The highest BCUT2D eigenvalue weighted by Gasteiger charge is 2.20. The van der Waals surface area contributed by atoms with Gasteiger partial charge in [0.2, 0.25) is 0 Å². The molecule has 0 bridgehead atoms. The highest BCUT2D eigenvalue weighted by atomic mass is 19.1. The highest BCUT2D eigenvalue weighted by Crippen LogP contribution is 2.28. The third-order valence-electron chi connectivity index (χ3n) is 3.17. The van der Waals surface area contributed by atoms with Crippen molar-refractivity contribution < 1.29 is 17.6 Å². The minimum Gasteiger partial charge on any atom is -0.326 e. The van der Waals surface area contributed by atoms with Gasteiger partial charge < -0.3 is 9.80 Å². The molecule has 0 aliphatic carbocycles. The van der Waals surface area contributed by atoms with E-state index in [1.54, 1.807) is 12.4 Å². The van der Waals surface area contributed by atoms with Crippen LogP contribution in [0.1, 0.15) is 0 Å². The molecule has 1 aliphatic rings. The van der Waals surface area contributed by atoms with Crippen LogP contribution in [0, 0.1) is 23.3 Å². The molecule has 6 heteroatoms. The number of nitrogens with zero attached hydrogens (tertiary/aromatic N) is 2. The summed E-state index contributed by atoms with van der Waals surface area (Å²) in [6, 6.07) is 6.47. The zero-order valence-corrected chi connectivity index (χ0v) is 10.7. The molecule has 21 heavy (non-hydrogen) atoms. The van der Waals surface area contributed by atoms with Crippen LogP contribution in [-0.2, 0) is 0 Å². The zero-order chi connectivity index (χ0) is 15.0. The van der Waals surface area contributed by atoms with Gasteiger partial charge in [0.15, 0.2) is 0 Å². The molecular formula is C15H10F4N2. The molecule has 0 saturated carbocycles. The average Bonchev–Trinajstić information content (AvgIpc) is 2.87. The van der Waals surface area contributed by atoms with Crippen LogP contribution in [0.3, 0.4) is 0 Å². The maximum Gasteiger partial charge on any atom is 0.149 e. The van der Waals surface area contributed by atoms with Crippen LogP contribution in [0.4, 0.5) is 28.9 Å². The van der Waals surface area contributed by atoms with E-state index in [-0.39, 0.29) is 18.0 Å². The Morgan fingerprint density at radius 3 is 1.48 bits per heavy atom. The Bertz CT molecular complexity index is 655. The number of benzene rings is 2. The standard InChI is InChI=1S/C15H10F4N2/c16-10-1-3-14(12(18)7-10)20-5-6-21(9-20)15-4-2-11(17)8-13(15)19/h1-8H,9H2. The molecule has 0 saturated heterocycles. The first-order valence-electron chi connectivity index (χ1n) is 6.16. The number of rotatable bonds is 2. The maximum atomic E-state index is 13.7. The second-order valence-corrected chi connectivity index (χ2v) is 4.57. The summed E-state index contributed by atoms with van der Waals surface area (Å²) in [5, 5.41) is 0. The fourth-order valence-electron chi connectivity index (χ4n) is 2.16. The Morgan fingerprint density at radius 1 is 0.667 bits per heavy atom. The second kappa shape index (κ2) is 5.12. The lowest BCUT2D eigenvalue weighted by Gasteiger charge is -2.22. The van der Waals surface area contributed by atoms with Gasteiger partial charge in [-0.2, -0.15) is 0 Å². The van der Waals surface area contributed by atoms with Crippen LogP contribution >= 0.6 is 0 Å². The van der Waals surface area contributed by atoms with E-state index in [2.05, 4.69) is 0 Å². The predicted octanol–water partition coefficient (Wildman–Crippen LogP) is 4.00. The summed E-state index contributed by atoms with van der Waals surface area (Å²) in [6.45, 7) is 0.144. The maximum absolute atomic E-state index is 13.7. The zero-order valence-electron chi connectivity index (χ0n) is 10.7. The van der Waals surface area contributed by atoms with E-state index >= 15 is 0 Å². The van der Waals surface area contributed by atoms with Gasteiger partial charge in [-0.1, -0.05) is 0 Å². The van der Waals surface area contributed by atoms with E-state index in [1.807, 2.05) is 0 Å². The van der Waals surface area contributed by atoms with E-state index in [4.69, 9.17) is 0 Å². The van der Waals surface area contributed by atoms with Gasteiger partial charge in [0, 0.05) is 24.5 Å². The molecule has 3 rings (SSSR count). The molecule has 2 nitrogen and oxygen atoms in total. The largest absolute Gasteiger partial charge is 0.326 e. The van der Waals surface area contributed by atoms with E-state index in [9.17, 15) is 17.6 Å². The fourth-order valence-corrected chi connectivity index (χ4v) is 2.16. The predicted molar refractivity (Wildman–Crippen MR) is 71.7 cm³/mol. The van der Waals surface area contributed by atoms with E-state index in [1.165, 1.54) is 21.9 Å². The van der Waals surface area contributed by atoms with Gasteiger partial charge in [0.1, 0.15) is 23.3 Å². The van der Waals surface area contributed by atoms with Gasteiger partial charge in [-0.05, 0) is 24.3 Å². The average molecular weight is 294 g/mol. The summed E-state index contributed by atoms with van der Waals surface area (Å²) in [5.74, 6) is -2.75. The summed E-state index contributed by atoms with van der Waals surface area (Å²) in [5.41, 5.74) is 0.357. The number of anilines is 2. The van der Waals surface area contributed by atoms with E-state index < -0.39 is 23.3 Å². The SMILES string of the molecule is Fc1ccc(N2C=CN(c3ccc(F)cc3F)C2)c(F)c1. The van der Waals surface area contributed by atoms with Crippen molar-refractivity contribution in [3.63, 3.8) is 0 Å². The topological polar surface area (TPSA) is 6.48 Å². The minimum absolute atomic E-state index is 0.144. The molecule has 0 spiro atoms. The first kappa shape index (κ1) is 13.5. The highest BCUT2D eigenvalue weighted by molar-refractivity contribution is 5.59. The quantitative estimate of drug-likeness (QED) is 0.773. The Kier molecular flexibility index (Phi) is 3.29. The fraction of sp³-hybridized carbons (Fsp3) is 0.0667. The number of halogens is 4.